The molecular weight excluding hydrogens is 270 g/mol. The van der Waals surface area contributed by atoms with Crippen molar-refractivity contribution in [2.75, 3.05) is 11.9 Å². The summed E-state index contributed by atoms with van der Waals surface area (Å²) in [7, 11) is 0. The number of aliphatic carboxylic acids is 1. The van der Waals surface area contributed by atoms with Gasteiger partial charge in [0, 0.05) is 25.1 Å². The van der Waals surface area contributed by atoms with Crippen molar-refractivity contribution in [2.24, 2.45) is 0 Å². The van der Waals surface area contributed by atoms with E-state index in [0.717, 1.165) is 0 Å². The number of nitrogens with zero attached hydrogens (tertiary/aromatic N) is 2. The normalized spacial score (nSPS) is 10.1. The smallest absolute Gasteiger partial charge is 0.303 e. The summed E-state index contributed by atoms with van der Waals surface area (Å²) in [6, 6.07) is 2.46. The van der Waals surface area contributed by atoms with Crippen LogP contribution < -0.4 is 5.32 Å². The van der Waals surface area contributed by atoms with E-state index in [2.05, 4.69) is 5.32 Å². The first-order valence-corrected chi connectivity index (χ1v) is 5.72. The standard InChI is InChI=1S/C11H13N3O6/c1-7-5-8(13(17)18)11(9(6-7)14(19)20)12-4-2-3-10(15)16/h5-6,12H,2-4H2,1H3,(H,15,16). The molecule has 0 aliphatic carbocycles. The Bertz CT molecular complexity index is 522. The fourth-order valence-electron chi connectivity index (χ4n) is 1.67. The van der Waals surface area contributed by atoms with Crippen LogP contribution in [0.1, 0.15) is 18.4 Å². The van der Waals surface area contributed by atoms with E-state index < -0.39 is 27.2 Å². The Labute approximate surface area is 113 Å². The Morgan fingerprint density at radius 2 is 1.75 bits per heavy atom. The zero-order valence-corrected chi connectivity index (χ0v) is 10.7. The summed E-state index contributed by atoms with van der Waals surface area (Å²) in [5, 5.41) is 32.9. The van der Waals surface area contributed by atoms with Crippen LogP contribution in [0.5, 0.6) is 0 Å². The van der Waals surface area contributed by atoms with E-state index >= 15 is 0 Å². The molecule has 0 bridgehead atoms. The summed E-state index contributed by atoms with van der Waals surface area (Å²) in [5.74, 6) is -1.00. The molecule has 2 N–H and O–H groups in total. The molecule has 0 fully saturated rings. The summed E-state index contributed by atoms with van der Waals surface area (Å²) >= 11 is 0. The van der Waals surface area contributed by atoms with Gasteiger partial charge in [-0.25, -0.2) is 0 Å². The second-order valence-electron chi connectivity index (χ2n) is 4.12. The van der Waals surface area contributed by atoms with E-state index in [0.29, 0.717) is 5.56 Å². The Morgan fingerprint density at radius 3 is 2.15 bits per heavy atom. The Morgan fingerprint density at radius 1 is 1.25 bits per heavy atom. The van der Waals surface area contributed by atoms with Gasteiger partial charge in [-0.1, -0.05) is 0 Å². The molecule has 0 spiro atoms. The molecule has 108 valence electrons. The first kappa shape index (κ1) is 15.3. The second kappa shape index (κ2) is 6.45. The molecule has 1 aromatic rings. The highest BCUT2D eigenvalue weighted by molar-refractivity contribution is 5.74. The SMILES string of the molecule is Cc1cc([N+](=O)[O-])c(NCCCC(=O)O)c([N+](=O)[O-])c1. The minimum Gasteiger partial charge on any atom is -0.481 e. The zero-order valence-electron chi connectivity index (χ0n) is 10.7. The van der Waals surface area contributed by atoms with Crippen LogP contribution in [0.3, 0.4) is 0 Å². The number of hydrogen-bond donors (Lipinski definition) is 2. The first-order chi connectivity index (χ1) is 9.32. The molecule has 0 unspecified atom stereocenters. The van der Waals surface area contributed by atoms with Crippen molar-refractivity contribution in [3.63, 3.8) is 0 Å². The summed E-state index contributed by atoms with van der Waals surface area (Å²) in [4.78, 5) is 30.8. The van der Waals surface area contributed by atoms with Gasteiger partial charge in [-0.2, -0.15) is 0 Å². The van der Waals surface area contributed by atoms with E-state index in [1.54, 1.807) is 0 Å². The van der Waals surface area contributed by atoms with Gasteiger partial charge in [-0.15, -0.1) is 0 Å². The minimum atomic E-state index is -1.00. The van der Waals surface area contributed by atoms with Crippen molar-refractivity contribution in [3.8, 4) is 0 Å². The average molecular weight is 283 g/mol. The van der Waals surface area contributed by atoms with Crippen molar-refractivity contribution < 1.29 is 19.7 Å². The maximum atomic E-state index is 10.9. The highest BCUT2D eigenvalue weighted by Gasteiger charge is 2.25. The molecule has 0 saturated heterocycles. The lowest BCUT2D eigenvalue weighted by Crippen LogP contribution is -2.09. The van der Waals surface area contributed by atoms with Gasteiger partial charge in [0.05, 0.1) is 9.85 Å². The van der Waals surface area contributed by atoms with Crippen LogP contribution >= 0.6 is 0 Å². The predicted octanol–water partition coefficient (Wildman–Crippen LogP) is 2.09. The van der Waals surface area contributed by atoms with Crippen LogP contribution in [-0.2, 0) is 4.79 Å². The van der Waals surface area contributed by atoms with Crippen molar-refractivity contribution in [1.29, 1.82) is 0 Å². The molecule has 20 heavy (non-hydrogen) atoms. The lowest BCUT2D eigenvalue weighted by molar-refractivity contribution is -0.392. The Kier molecular flexibility index (Phi) is 4.95. The number of carboxylic acid groups (broad SMARTS) is 1. The summed E-state index contributed by atoms with van der Waals surface area (Å²) in [6.45, 7) is 1.62. The fraction of sp³-hybridized carbons (Fsp3) is 0.364. The molecule has 0 aromatic heterocycles. The molecule has 0 saturated carbocycles. The highest BCUT2D eigenvalue weighted by atomic mass is 16.6. The number of nitro groups is 2. The quantitative estimate of drug-likeness (QED) is 0.444. The Balaban J connectivity index is 3.04. The maximum absolute atomic E-state index is 10.9. The summed E-state index contributed by atoms with van der Waals surface area (Å²) < 4.78 is 0. The third-order valence-electron chi connectivity index (χ3n) is 2.50. The van der Waals surface area contributed by atoms with Gasteiger partial charge in [0.1, 0.15) is 0 Å². The number of benzene rings is 1. The van der Waals surface area contributed by atoms with Crippen LogP contribution in [0.25, 0.3) is 0 Å². The highest BCUT2D eigenvalue weighted by Crippen LogP contribution is 2.35. The molecule has 0 amide bonds. The number of aryl methyl sites for hydroxylation is 1. The van der Waals surface area contributed by atoms with Crippen molar-refractivity contribution >= 4 is 23.0 Å². The van der Waals surface area contributed by atoms with Crippen molar-refractivity contribution in [3.05, 3.63) is 37.9 Å². The van der Waals surface area contributed by atoms with Crippen LogP contribution in [0.2, 0.25) is 0 Å². The molecule has 0 heterocycles. The molecule has 1 aromatic carbocycles. The van der Waals surface area contributed by atoms with E-state index in [9.17, 15) is 25.0 Å². The van der Waals surface area contributed by atoms with Gasteiger partial charge in [-0.3, -0.25) is 25.0 Å². The number of hydrogen-bond acceptors (Lipinski definition) is 6. The van der Waals surface area contributed by atoms with E-state index in [-0.39, 0.29) is 25.1 Å². The number of nitrogens with one attached hydrogen (secondary N) is 1. The number of anilines is 1. The van der Waals surface area contributed by atoms with Crippen molar-refractivity contribution in [2.45, 2.75) is 19.8 Å². The van der Waals surface area contributed by atoms with Gasteiger partial charge in [-0.05, 0) is 18.9 Å². The van der Waals surface area contributed by atoms with Crippen LogP contribution in [0.4, 0.5) is 17.1 Å². The topological polar surface area (TPSA) is 136 Å². The average Bonchev–Trinajstić information content (AvgIpc) is 2.34. The number of carboxylic acids is 1. The minimum absolute atomic E-state index is 0.0943. The zero-order chi connectivity index (χ0) is 15.3. The summed E-state index contributed by atoms with van der Waals surface area (Å²) in [5.41, 5.74) is -0.588. The van der Waals surface area contributed by atoms with E-state index in [1.165, 1.54) is 19.1 Å². The monoisotopic (exact) mass is 283 g/mol. The van der Waals surface area contributed by atoms with Gasteiger partial charge in [0.15, 0.2) is 5.69 Å². The maximum Gasteiger partial charge on any atom is 0.303 e. The third kappa shape index (κ3) is 3.90. The van der Waals surface area contributed by atoms with Gasteiger partial charge in [0.2, 0.25) is 0 Å². The first-order valence-electron chi connectivity index (χ1n) is 5.72. The van der Waals surface area contributed by atoms with E-state index in [4.69, 9.17) is 5.11 Å². The number of nitro benzene ring substituents is 2. The summed E-state index contributed by atoms with van der Waals surface area (Å²) in [6.07, 6.45) is 0.0813. The molecule has 9 nitrogen and oxygen atoms in total. The van der Waals surface area contributed by atoms with Crippen LogP contribution in [0.15, 0.2) is 12.1 Å². The van der Waals surface area contributed by atoms with Gasteiger partial charge < -0.3 is 10.4 Å². The number of carbonyl (C=O) groups is 1. The predicted molar refractivity (Wildman–Crippen MR) is 69.8 cm³/mol. The molecular formula is C11H13N3O6. The number of rotatable bonds is 7. The van der Waals surface area contributed by atoms with Crippen LogP contribution in [0, 0.1) is 27.2 Å². The molecule has 9 heteroatoms. The third-order valence-corrected chi connectivity index (χ3v) is 2.50. The van der Waals surface area contributed by atoms with E-state index in [1.807, 2.05) is 0 Å². The molecule has 0 atom stereocenters. The Hall–Kier alpha value is -2.71. The molecule has 0 radical (unpaired) electrons. The van der Waals surface area contributed by atoms with Gasteiger partial charge >= 0.3 is 5.97 Å². The molecule has 0 aliphatic heterocycles. The largest absolute Gasteiger partial charge is 0.481 e. The fourth-order valence-corrected chi connectivity index (χ4v) is 1.67. The lowest BCUT2D eigenvalue weighted by atomic mass is 10.1. The molecule has 0 aliphatic rings. The molecule has 1 rings (SSSR count). The second-order valence-corrected chi connectivity index (χ2v) is 4.12. The van der Waals surface area contributed by atoms with Crippen molar-refractivity contribution in [1.82, 2.24) is 0 Å². The van der Waals surface area contributed by atoms with Crippen LogP contribution in [-0.4, -0.2) is 27.5 Å². The lowest BCUT2D eigenvalue weighted by Gasteiger charge is -2.08. The van der Waals surface area contributed by atoms with Gasteiger partial charge in [0.25, 0.3) is 11.4 Å².